The number of nitrogens with one attached hydrogen (secondary N) is 1. The molecule has 1 unspecified atom stereocenters. The van der Waals surface area contributed by atoms with Gasteiger partial charge in [-0.05, 0) is 29.5 Å². The Bertz CT molecular complexity index is 598. The van der Waals surface area contributed by atoms with Gasteiger partial charge in [0.05, 0.1) is 23.6 Å². The molecule has 7 heteroatoms. The second kappa shape index (κ2) is 6.46. The zero-order valence-corrected chi connectivity index (χ0v) is 12.1. The van der Waals surface area contributed by atoms with Crippen LogP contribution in [0.4, 0.5) is 13.2 Å². The van der Waals surface area contributed by atoms with E-state index in [-0.39, 0.29) is 6.04 Å². The Balaban J connectivity index is 2.23. The van der Waals surface area contributed by atoms with Crippen molar-refractivity contribution in [2.24, 2.45) is 5.84 Å². The molecule has 0 bridgehead atoms. The van der Waals surface area contributed by atoms with E-state index in [2.05, 4.69) is 5.43 Å². The number of methoxy groups -OCH3 is 1. The summed E-state index contributed by atoms with van der Waals surface area (Å²) in [5, 5.41) is 1.85. The molecule has 3 N–H and O–H groups in total. The zero-order chi connectivity index (χ0) is 15.5. The maximum atomic E-state index is 12.7. The highest BCUT2D eigenvalue weighted by Crippen LogP contribution is 2.34. The molecule has 3 nitrogen and oxygen atoms in total. The molecule has 0 spiro atoms. The maximum absolute atomic E-state index is 12.7. The lowest BCUT2D eigenvalue weighted by Crippen LogP contribution is -2.29. The number of nitrogens with two attached hydrogens (primary N) is 1. The number of thiophene rings is 1. The van der Waals surface area contributed by atoms with Crippen molar-refractivity contribution in [1.82, 2.24) is 5.43 Å². The van der Waals surface area contributed by atoms with Crippen LogP contribution in [0.15, 0.2) is 35.7 Å². The van der Waals surface area contributed by atoms with Crippen LogP contribution in [0.3, 0.4) is 0 Å². The van der Waals surface area contributed by atoms with E-state index in [0.29, 0.717) is 17.7 Å². The second-order valence-corrected chi connectivity index (χ2v) is 5.42. The third-order valence-electron chi connectivity index (χ3n) is 3.09. The van der Waals surface area contributed by atoms with Gasteiger partial charge >= 0.3 is 6.18 Å². The van der Waals surface area contributed by atoms with Gasteiger partial charge in [-0.25, -0.2) is 0 Å². The summed E-state index contributed by atoms with van der Waals surface area (Å²) >= 11 is 1.45. The number of hydrazine groups is 1. The number of benzene rings is 1. The summed E-state index contributed by atoms with van der Waals surface area (Å²) in [7, 11) is 1.55. The molecule has 0 fully saturated rings. The van der Waals surface area contributed by atoms with E-state index in [4.69, 9.17) is 10.6 Å². The van der Waals surface area contributed by atoms with E-state index < -0.39 is 11.7 Å². The molecule has 2 aromatic rings. The Hall–Kier alpha value is -1.57. The summed E-state index contributed by atoms with van der Waals surface area (Å²) in [4.78, 5) is 0.859. The Labute approximate surface area is 124 Å². The van der Waals surface area contributed by atoms with Crippen LogP contribution in [-0.2, 0) is 12.6 Å². The number of ether oxygens (including phenoxy) is 1. The monoisotopic (exact) mass is 316 g/mol. The van der Waals surface area contributed by atoms with Crippen LogP contribution >= 0.6 is 11.3 Å². The first-order valence-electron chi connectivity index (χ1n) is 6.19. The van der Waals surface area contributed by atoms with Crippen molar-refractivity contribution >= 4 is 11.3 Å². The summed E-state index contributed by atoms with van der Waals surface area (Å²) in [6.45, 7) is 0. The molecule has 1 heterocycles. The van der Waals surface area contributed by atoms with Crippen LogP contribution < -0.4 is 16.0 Å². The van der Waals surface area contributed by atoms with Gasteiger partial charge in [-0.15, -0.1) is 11.3 Å². The minimum absolute atomic E-state index is 0.302. The second-order valence-electron chi connectivity index (χ2n) is 4.47. The fourth-order valence-electron chi connectivity index (χ4n) is 2.07. The van der Waals surface area contributed by atoms with Gasteiger partial charge in [-0.2, -0.15) is 13.2 Å². The van der Waals surface area contributed by atoms with E-state index in [1.165, 1.54) is 17.4 Å². The smallest absolute Gasteiger partial charge is 0.416 e. The van der Waals surface area contributed by atoms with E-state index in [1.807, 2.05) is 5.38 Å². The SMILES string of the molecule is COc1ccsc1C(Cc1cccc(C(F)(F)F)c1)NN. The largest absolute Gasteiger partial charge is 0.496 e. The van der Waals surface area contributed by atoms with E-state index >= 15 is 0 Å². The van der Waals surface area contributed by atoms with Gasteiger partial charge in [-0.1, -0.05) is 18.2 Å². The van der Waals surface area contributed by atoms with E-state index in [1.54, 1.807) is 19.2 Å². The van der Waals surface area contributed by atoms with Crippen LogP contribution in [0, 0.1) is 0 Å². The molecule has 1 aromatic carbocycles. The molecule has 0 aliphatic rings. The molecule has 0 aliphatic heterocycles. The van der Waals surface area contributed by atoms with Crippen LogP contribution in [-0.4, -0.2) is 7.11 Å². The minimum atomic E-state index is -4.34. The first kappa shape index (κ1) is 15.8. The minimum Gasteiger partial charge on any atom is -0.496 e. The summed E-state index contributed by atoms with van der Waals surface area (Å²) in [5.74, 6) is 6.21. The lowest BCUT2D eigenvalue weighted by molar-refractivity contribution is -0.137. The molecule has 0 saturated carbocycles. The maximum Gasteiger partial charge on any atom is 0.416 e. The van der Waals surface area contributed by atoms with Crippen molar-refractivity contribution in [2.45, 2.75) is 18.6 Å². The Morgan fingerprint density at radius 3 is 2.71 bits per heavy atom. The van der Waals surface area contributed by atoms with Crippen molar-refractivity contribution in [3.63, 3.8) is 0 Å². The molecule has 1 aromatic heterocycles. The van der Waals surface area contributed by atoms with Crippen LogP contribution in [0.5, 0.6) is 5.75 Å². The number of hydrogen-bond donors (Lipinski definition) is 2. The van der Waals surface area contributed by atoms with Gasteiger partial charge in [0.2, 0.25) is 0 Å². The normalized spacial score (nSPS) is 13.2. The van der Waals surface area contributed by atoms with Crippen LogP contribution in [0.2, 0.25) is 0 Å². The molecule has 0 aliphatic carbocycles. The van der Waals surface area contributed by atoms with E-state index in [0.717, 1.165) is 17.0 Å². The van der Waals surface area contributed by atoms with Crippen LogP contribution in [0.1, 0.15) is 22.0 Å². The molecule has 21 heavy (non-hydrogen) atoms. The first-order valence-corrected chi connectivity index (χ1v) is 7.07. The molecule has 0 radical (unpaired) electrons. The summed E-state index contributed by atoms with van der Waals surface area (Å²) in [6, 6.07) is 6.75. The Kier molecular flexibility index (Phi) is 4.87. The predicted octanol–water partition coefficient (Wildman–Crippen LogP) is 3.52. The molecule has 114 valence electrons. The van der Waals surface area contributed by atoms with Crippen LogP contribution in [0.25, 0.3) is 0 Å². The van der Waals surface area contributed by atoms with Gasteiger partial charge in [0.1, 0.15) is 5.75 Å². The lowest BCUT2D eigenvalue weighted by Gasteiger charge is -2.17. The third-order valence-corrected chi connectivity index (χ3v) is 4.10. The fourth-order valence-corrected chi connectivity index (χ4v) is 2.99. The highest BCUT2D eigenvalue weighted by atomic mass is 32.1. The van der Waals surface area contributed by atoms with Crippen molar-refractivity contribution in [1.29, 1.82) is 0 Å². The first-order chi connectivity index (χ1) is 9.95. The van der Waals surface area contributed by atoms with Crippen molar-refractivity contribution in [3.8, 4) is 5.75 Å². The van der Waals surface area contributed by atoms with Gasteiger partial charge in [0.15, 0.2) is 0 Å². The Morgan fingerprint density at radius 1 is 1.33 bits per heavy atom. The van der Waals surface area contributed by atoms with Crippen molar-refractivity contribution in [2.75, 3.05) is 7.11 Å². The molecular formula is C14H15F3N2OS. The summed E-state index contributed by atoms with van der Waals surface area (Å²) in [6.07, 6.45) is -4.00. The molecule has 0 saturated heterocycles. The summed E-state index contributed by atoms with van der Waals surface area (Å²) in [5.41, 5.74) is 2.54. The van der Waals surface area contributed by atoms with Crippen molar-refractivity contribution in [3.05, 3.63) is 51.7 Å². The Morgan fingerprint density at radius 2 is 2.10 bits per heavy atom. The zero-order valence-electron chi connectivity index (χ0n) is 11.3. The van der Waals surface area contributed by atoms with Gasteiger partial charge < -0.3 is 4.74 Å². The highest BCUT2D eigenvalue weighted by Gasteiger charge is 2.30. The summed E-state index contributed by atoms with van der Waals surface area (Å²) < 4.78 is 43.4. The number of halogens is 3. The van der Waals surface area contributed by atoms with Crippen molar-refractivity contribution < 1.29 is 17.9 Å². The average molecular weight is 316 g/mol. The third kappa shape index (κ3) is 3.75. The topological polar surface area (TPSA) is 47.3 Å². The predicted molar refractivity (Wildman–Crippen MR) is 76.1 cm³/mol. The van der Waals surface area contributed by atoms with Gasteiger partial charge in [0.25, 0.3) is 0 Å². The molecule has 0 amide bonds. The van der Waals surface area contributed by atoms with Gasteiger partial charge in [-0.3, -0.25) is 11.3 Å². The van der Waals surface area contributed by atoms with Gasteiger partial charge in [0, 0.05) is 0 Å². The molecule has 1 atom stereocenters. The number of alkyl halides is 3. The number of rotatable bonds is 5. The van der Waals surface area contributed by atoms with E-state index in [9.17, 15) is 13.2 Å². The average Bonchev–Trinajstić information content (AvgIpc) is 2.92. The molecule has 2 rings (SSSR count). The molecular weight excluding hydrogens is 301 g/mol. The highest BCUT2D eigenvalue weighted by molar-refractivity contribution is 7.10. The fraction of sp³-hybridized carbons (Fsp3) is 0.286. The number of hydrogen-bond acceptors (Lipinski definition) is 4. The quantitative estimate of drug-likeness (QED) is 0.655. The lowest BCUT2D eigenvalue weighted by atomic mass is 10.0. The standard InChI is InChI=1S/C14H15F3N2OS/c1-20-12-5-6-21-13(12)11(19-18)8-9-3-2-4-10(7-9)14(15,16)17/h2-7,11,19H,8,18H2,1H3.